The van der Waals surface area contributed by atoms with E-state index in [0.29, 0.717) is 0 Å². The number of carbonyl (C=O) groups excluding carboxylic acids is 1. The second-order valence-electron chi connectivity index (χ2n) is 2.30. The molecule has 12 heavy (non-hydrogen) atoms. The summed E-state index contributed by atoms with van der Waals surface area (Å²) < 4.78 is 24.1. The average molecular weight is 171 g/mol. The number of carbonyl (C=O) groups is 1. The molecule has 0 saturated heterocycles. The van der Waals surface area contributed by atoms with Gasteiger partial charge in [0.05, 0.1) is 0 Å². The van der Waals surface area contributed by atoms with Crippen LogP contribution in [-0.2, 0) is 0 Å². The number of Topliss-reactive ketones (excluding diaryl/α,β-unsaturated/α-hetero) is 1. The number of hydrogen-bond donors (Lipinski definition) is 0. The molecular formula is C8H7F2NO. The van der Waals surface area contributed by atoms with Crippen molar-refractivity contribution in [3.63, 3.8) is 0 Å². The molecule has 2 nitrogen and oxygen atoms in total. The molecule has 0 unspecified atom stereocenters. The molecule has 0 bridgehead atoms. The third-order valence-electron chi connectivity index (χ3n) is 1.35. The largest absolute Gasteiger partial charge is 0.293 e. The number of ketones is 1. The van der Waals surface area contributed by atoms with Crippen LogP contribution in [0.15, 0.2) is 18.2 Å². The van der Waals surface area contributed by atoms with Crippen molar-refractivity contribution in [2.24, 2.45) is 0 Å². The lowest BCUT2D eigenvalue weighted by Gasteiger charge is -1.99. The number of nitrogens with zero attached hydrogens (tertiary/aromatic N) is 1. The Kier molecular flexibility index (Phi) is 2.47. The molecule has 0 aliphatic rings. The van der Waals surface area contributed by atoms with Gasteiger partial charge in [0.15, 0.2) is 5.78 Å². The Morgan fingerprint density at radius 2 is 2.17 bits per heavy atom. The first kappa shape index (κ1) is 8.77. The van der Waals surface area contributed by atoms with Crippen LogP contribution in [0.3, 0.4) is 0 Å². The second kappa shape index (κ2) is 3.38. The quantitative estimate of drug-likeness (QED) is 0.638. The van der Waals surface area contributed by atoms with Crippen molar-refractivity contribution in [2.75, 3.05) is 0 Å². The maximum atomic E-state index is 12.0. The zero-order chi connectivity index (χ0) is 9.14. The second-order valence-corrected chi connectivity index (χ2v) is 2.30. The van der Waals surface area contributed by atoms with Crippen LogP contribution in [0.4, 0.5) is 8.78 Å². The fourth-order valence-electron chi connectivity index (χ4n) is 0.769. The van der Waals surface area contributed by atoms with E-state index in [1.807, 2.05) is 0 Å². The summed E-state index contributed by atoms with van der Waals surface area (Å²) in [5, 5.41) is 0. The monoisotopic (exact) mass is 171 g/mol. The summed E-state index contributed by atoms with van der Waals surface area (Å²) >= 11 is 0. The van der Waals surface area contributed by atoms with Crippen molar-refractivity contribution < 1.29 is 13.6 Å². The predicted molar refractivity (Wildman–Crippen MR) is 39.2 cm³/mol. The van der Waals surface area contributed by atoms with Gasteiger partial charge in [-0.1, -0.05) is 6.07 Å². The van der Waals surface area contributed by atoms with Crippen LogP contribution >= 0.6 is 0 Å². The number of hydrogen-bond acceptors (Lipinski definition) is 2. The standard InChI is InChI=1S/C8H7F2NO/c1-5(12)6-3-2-4-7(11-6)8(9)10/h2-4,8H,1H3. The first-order chi connectivity index (χ1) is 5.61. The van der Waals surface area contributed by atoms with E-state index >= 15 is 0 Å². The molecule has 64 valence electrons. The van der Waals surface area contributed by atoms with Crippen molar-refractivity contribution >= 4 is 5.78 Å². The van der Waals surface area contributed by atoms with Gasteiger partial charge in [0.2, 0.25) is 0 Å². The molecule has 0 spiro atoms. The van der Waals surface area contributed by atoms with Crippen molar-refractivity contribution in [3.8, 4) is 0 Å². The van der Waals surface area contributed by atoms with Crippen LogP contribution in [0.5, 0.6) is 0 Å². The molecule has 0 N–H and O–H groups in total. The zero-order valence-electron chi connectivity index (χ0n) is 6.42. The Morgan fingerprint density at radius 3 is 2.67 bits per heavy atom. The summed E-state index contributed by atoms with van der Waals surface area (Å²) in [6.45, 7) is 1.29. The molecule has 0 saturated carbocycles. The summed E-state index contributed by atoms with van der Waals surface area (Å²) in [5.74, 6) is -0.308. The molecule has 0 aliphatic heterocycles. The van der Waals surface area contributed by atoms with Gasteiger partial charge in [-0.3, -0.25) is 4.79 Å². The number of rotatable bonds is 2. The molecule has 1 heterocycles. The highest BCUT2D eigenvalue weighted by atomic mass is 19.3. The minimum atomic E-state index is -2.62. The van der Waals surface area contributed by atoms with Crippen LogP contribution in [0.2, 0.25) is 0 Å². The summed E-state index contributed by atoms with van der Waals surface area (Å²) in [6, 6.07) is 4.00. The van der Waals surface area contributed by atoms with E-state index in [4.69, 9.17) is 0 Å². The SMILES string of the molecule is CC(=O)c1cccc(C(F)F)n1. The maximum absolute atomic E-state index is 12.0. The minimum absolute atomic E-state index is 0.0767. The lowest BCUT2D eigenvalue weighted by Crippen LogP contribution is -1.99. The van der Waals surface area contributed by atoms with E-state index in [9.17, 15) is 13.6 Å². The number of halogens is 2. The van der Waals surface area contributed by atoms with Gasteiger partial charge >= 0.3 is 0 Å². The maximum Gasteiger partial charge on any atom is 0.280 e. The van der Waals surface area contributed by atoms with E-state index in [2.05, 4.69) is 4.98 Å². The molecule has 0 amide bonds. The highest BCUT2D eigenvalue weighted by Crippen LogP contribution is 2.15. The molecule has 1 rings (SSSR count). The number of pyridine rings is 1. The normalized spacial score (nSPS) is 10.3. The van der Waals surface area contributed by atoms with Crippen LogP contribution in [0.25, 0.3) is 0 Å². The van der Waals surface area contributed by atoms with E-state index in [1.54, 1.807) is 0 Å². The molecule has 1 aromatic heterocycles. The van der Waals surface area contributed by atoms with Gasteiger partial charge in [0.1, 0.15) is 11.4 Å². The Morgan fingerprint density at radius 1 is 1.50 bits per heavy atom. The van der Waals surface area contributed by atoms with E-state index in [1.165, 1.54) is 25.1 Å². The Hall–Kier alpha value is -1.32. The molecule has 0 aromatic carbocycles. The number of aromatic nitrogens is 1. The van der Waals surface area contributed by atoms with Crippen LogP contribution in [-0.4, -0.2) is 10.8 Å². The smallest absolute Gasteiger partial charge is 0.280 e. The first-order valence-corrected chi connectivity index (χ1v) is 3.37. The van der Waals surface area contributed by atoms with E-state index in [-0.39, 0.29) is 17.2 Å². The van der Waals surface area contributed by atoms with Crippen LogP contribution in [0.1, 0.15) is 29.5 Å². The summed E-state index contributed by atoms with van der Waals surface area (Å²) in [6.07, 6.45) is -2.62. The average Bonchev–Trinajstić information content (AvgIpc) is 2.04. The Balaban J connectivity index is 3.04. The minimum Gasteiger partial charge on any atom is -0.293 e. The molecule has 0 atom stereocenters. The number of alkyl halides is 2. The van der Waals surface area contributed by atoms with Crippen molar-refractivity contribution in [2.45, 2.75) is 13.3 Å². The predicted octanol–water partition coefficient (Wildman–Crippen LogP) is 2.22. The lowest BCUT2D eigenvalue weighted by molar-refractivity contribution is 0.101. The fourth-order valence-corrected chi connectivity index (χ4v) is 0.769. The van der Waals surface area contributed by atoms with Gasteiger partial charge in [-0.15, -0.1) is 0 Å². The molecular weight excluding hydrogens is 164 g/mol. The first-order valence-electron chi connectivity index (χ1n) is 3.37. The molecule has 0 radical (unpaired) electrons. The van der Waals surface area contributed by atoms with Crippen LogP contribution in [0, 0.1) is 0 Å². The van der Waals surface area contributed by atoms with Gasteiger partial charge in [0.25, 0.3) is 6.43 Å². The Labute approximate surface area is 68.2 Å². The van der Waals surface area contributed by atoms with E-state index < -0.39 is 6.43 Å². The van der Waals surface area contributed by atoms with Gasteiger partial charge in [-0.05, 0) is 12.1 Å². The van der Waals surface area contributed by atoms with Gasteiger partial charge in [-0.25, -0.2) is 13.8 Å². The summed E-state index contributed by atoms with van der Waals surface area (Å²) in [7, 11) is 0. The molecule has 0 fully saturated rings. The fraction of sp³-hybridized carbons (Fsp3) is 0.250. The zero-order valence-corrected chi connectivity index (χ0v) is 6.42. The molecule has 1 aromatic rings. The molecule has 0 aliphatic carbocycles. The molecule has 4 heteroatoms. The van der Waals surface area contributed by atoms with Crippen molar-refractivity contribution in [1.82, 2.24) is 4.98 Å². The van der Waals surface area contributed by atoms with Crippen molar-refractivity contribution in [3.05, 3.63) is 29.6 Å². The highest BCUT2D eigenvalue weighted by Gasteiger charge is 2.09. The third-order valence-corrected chi connectivity index (χ3v) is 1.35. The topological polar surface area (TPSA) is 30.0 Å². The summed E-state index contributed by atoms with van der Waals surface area (Å²) in [5.41, 5.74) is -0.282. The van der Waals surface area contributed by atoms with Crippen molar-refractivity contribution in [1.29, 1.82) is 0 Å². The van der Waals surface area contributed by atoms with Gasteiger partial charge in [0, 0.05) is 6.92 Å². The summed E-state index contributed by atoms with van der Waals surface area (Å²) in [4.78, 5) is 14.2. The third kappa shape index (κ3) is 1.84. The van der Waals surface area contributed by atoms with Gasteiger partial charge in [-0.2, -0.15) is 0 Å². The van der Waals surface area contributed by atoms with Crippen LogP contribution < -0.4 is 0 Å². The Bertz CT molecular complexity index is 299. The lowest BCUT2D eigenvalue weighted by atomic mass is 10.2. The van der Waals surface area contributed by atoms with E-state index in [0.717, 1.165) is 0 Å². The van der Waals surface area contributed by atoms with Gasteiger partial charge < -0.3 is 0 Å². The highest BCUT2D eigenvalue weighted by molar-refractivity contribution is 5.92.